The minimum atomic E-state index is -1.11. The van der Waals surface area contributed by atoms with Crippen LogP contribution < -0.4 is 0 Å². The Labute approximate surface area is 79.0 Å². The Morgan fingerprint density at radius 2 is 2.25 bits per heavy atom. The summed E-state index contributed by atoms with van der Waals surface area (Å²) in [5.74, 6) is 0.888. The summed E-state index contributed by atoms with van der Waals surface area (Å²) in [5.41, 5.74) is 0. The zero-order chi connectivity index (χ0) is 8.23. The Hall–Kier alpha value is -0.320. The van der Waals surface area contributed by atoms with Gasteiger partial charge in [-0.25, -0.2) is 0 Å². The fraction of sp³-hybridized carbons (Fsp3) is 0.571. The summed E-state index contributed by atoms with van der Waals surface area (Å²) < 4.78 is 4.24. The van der Waals surface area contributed by atoms with Crippen molar-refractivity contribution in [1.82, 2.24) is 20.6 Å². The van der Waals surface area contributed by atoms with Crippen LogP contribution in [-0.2, 0) is 6.42 Å². The van der Waals surface area contributed by atoms with Gasteiger partial charge in [0.1, 0.15) is 0 Å². The van der Waals surface area contributed by atoms with Crippen molar-refractivity contribution in [1.29, 1.82) is 0 Å². The normalized spacial score (nSPS) is 15.8. The molecule has 0 saturated carbocycles. The predicted octanol–water partition coefficient (Wildman–Crippen LogP) is 0.807. The summed E-state index contributed by atoms with van der Waals surface area (Å²) in [6.45, 7) is 0. The Balaban J connectivity index is 1.75. The van der Waals surface area contributed by atoms with Crippen LogP contribution in [0.1, 0.15) is 5.82 Å². The van der Waals surface area contributed by atoms with Crippen LogP contribution in [0.3, 0.4) is 0 Å². The van der Waals surface area contributed by atoms with Gasteiger partial charge in [-0.05, 0) is 0 Å². The number of rotatable bonds is 3. The van der Waals surface area contributed by atoms with Gasteiger partial charge in [0.05, 0.1) is 0 Å². The van der Waals surface area contributed by atoms with Gasteiger partial charge in [-0.3, -0.25) is 0 Å². The van der Waals surface area contributed by atoms with Crippen LogP contribution in [0.15, 0.2) is 12.2 Å². The van der Waals surface area contributed by atoms with Gasteiger partial charge in [0.25, 0.3) is 0 Å². The second kappa shape index (κ2) is 4.07. The Kier molecular flexibility index (Phi) is 2.81. The number of hydrogen-bond acceptors (Lipinski definition) is 3. The molecule has 62 valence electrons. The molecule has 0 unspecified atom stereocenters. The molecule has 1 N–H and O–H groups in total. The first-order chi connectivity index (χ1) is 5.95. The molecule has 0 aromatic carbocycles. The molecule has 0 saturated heterocycles. The zero-order valence-corrected chi connectivity index (χ0v) is 10.2. The van der Waals surface area contributed by atoms with Crippen LogP contribution >= 0.6 is 0 Å². The summed E-state index contributed by atoms with van der Waals surface area (Å²) in [7, 11) is 0. The summed E-state index contributed by atoms with van der Waals surface area (Å²) in [5, 5.41) is 13.9. The summed E-state index contributed by atoms with van der Waals surface area (Å²) in [6.07, 6.45) is 5.73. The second-order valence-electron chi connectivity index (χ2n) is 3.18. The molecule has 4 nitrogen and oxygen atoms in total. The number of H-pyrrole nitrogens is 1. The van der Waals surface area contributed by atoms with Gasteiger partial charge in [-0.15, -0.1) is 0 Å². The van der Waals surface area contributed by atoms with Gasteiger partial charge in [-0.1, -0.05) is 0 Å². The van der Waals surface area contributed by atoms with E-state index in [4.69, 9.17) is 0 Å². The van der Waals surface area contributed by atoms with E-state index in [1.807, 2.05) is 0 Å². The van der Waals surface area contributed by atoms with E-state index in [-0.39, 0.29) is 0 Å². The van der Waals surface area contributed by atoms with Gasteiger partial charge in [0.2, 0.25) is 0 Å². The fourth-order valence-electron chi connectivity index (χ4n) is 1.53. The first-order valence-electron chi connectivity index (χ1n) is 4.32. The fourth-order valence-corrected chi connectivity index (χ4v) is 8.62. The Morgan fingerprint density at radius 3 is 2.92 bits per heavy atom. The van der Waals surface area contributed by atoms with Crippen molar-refractivity contribution in [2.24, 2.45) is 0 Å². The van der Waals surface area contributed by atoms with E-state index in [0.29, 0.717) is 0 Å². The number of hydrogen-bond donors (Lipinski definition) is 1. The van der Waals surface area contributed by atoms with E-state index < -0.39 is 21.4 Å². The molecule has 1 aliphatic heterocycles. The molecule has 1 aromatic rings. The number of aromatic amines is 1. The van der Waals surface area contributed by atoms with Crippen molar-refractivity contribution in [3.8, 4) is 0 Å². The average Bonchev–Trinajstić information content (AvgIpc) is 2.74. The maximum absolute atomic E-state index is 3.94. The number of allylic oxidation sites excluding steroid dienone is 2. The molecule has 1 aromatic heterocycles. The Bertz CT molecular complexity index is 248. The monoisotopic (exact) mass is 266 g/mol. The molecule has 0 fully saturated rings. The standard InChI is InChI=1S/C4H6.C3H5N4.In/c1-3-4-2;1-2-3-4-6-7-5-3;/h3-4H,1-2H2;1-2H2,(H,4,5,6,7);. The van der Waals surface area contributed by atoms with E-state index in [2.05, 4.69) is 32.8 Å². The Morgan fingerprint density at radius 1 is 1.42 bits per heavy atom. The molecule has 2 rings (SSSR count). The van der Waals surface area contributed by atoms with Crippen LogP contribution in [0.2, 0.25) is 12.5 Å². The molecule has 0 amide bonds. The third-order valence-electron chi connectivity index (χ3n) is 2.27. The number of aryl methyl sites for hydroxylation is 1. The molecule has 1 aliphatic rings. The van der Waals surface area contributed by atoms with Gasteiger partial charge in [-0.2, -0.15) is 0 Å². The van der Waals surface area contributed by atoms with Crippen LogP contribution in [0.5, 0.6) is 0 Å². The molecule has 0 spiro atoms. The van der Waals surface area contributed by atoms with E-state index >= 15 is 0 Å². The third kappa shape index (κ3) is 2.09. The van der Waals surface area contributed by atoms with Crippen LogP contribution in [-0.4, -0.2) is 42.1 Å². The third-order valence-corrected chi connectivity index (χ3v) is 10.8. The molecule has 2 heterocycles. The molecular weight excluding hydrogens is 255 g/mol. The molecular formula is C7H11InN4. The van der Waals surface area contributed by atoms with Gasteiger partial charge in [0.15, 0.2) is 0 Å². The number of nitrogens with one attached hydrogen (secondary N) is 1. The number of aromatic nitrogens is 4. The second-order valence-corrected chi connectivity index (χ2v) is 12.5. The number of nitrogens with zero attached hydrogens (tertiary/aromatic N) is 3. The first-order valence-corrected chi connectivity index (χ1v) is 11.3. The summed E-state index contributed by atoms with van der Waals surface area (Å²) in [4.78, 5) is 0. The van der Waals surface area contributed by atoms with Crippen LogP contribution in [0.4, 0.5) is 0 Å². The van der Waals surface area contributed by atoms with Crippen molar-refractivity contribution in [3.05, 3.63) is 18.0 Å². The zero-order valence-electron chi connectivity index (χ0n) is 6.90. The topological polar surface area (TPSA) is 54.5 Å². The van der Waals surface area contributed by atoms with Gasteiger partial charge < -0.3 is 0 Å². The van der Waals surface area contributed by atoms with Crippen molar-refractivity contribution < 1.29 is 0 Å². The predicted molar refractivity (Wildman–Crippen MR) is 47.2 cm³/mol. The van der Waals surface area contributed by atoms with Gasteiger partial charge >= 0.3 is 79.0 Å². The minimum absolute atomic E-state index is 0.888. The molecule has 5 heteroatoms. The molecule has 0 bridgehead atoms. The van der Waals surface area contributed by atoms with E-state index in [1.54, 1.807) is 0 Å². The molecule has 0 atom stereocenters. The van der Waals surface area contributed by atoms with Crippen LogP contribution in [0, 0.1) is 0 Å². The SMILES string of the molecule is C1=C[CH2][In]([CH2]Cc2nn[nH]n2)[CH2]1. The van der Waals surface area contributed by atoms with Crippen LogP contribution in [0.25, 0.3) is 0 Å². The average molecular weight is 266 g/mol. The maximum atomic E-state index is 3.94. The quantitative estimate of drug-likeness (QED) is 0.823. The molecule has 12 heavy (non-hydrogen) atoms. The van der Waals surface area contributed by atoms with E-state index in [9.17, 15) is 0 Å². The van der Waals surface area contributed by atoms with Crippen molar-refractivity contribution in [2.75, 3.05) is 0 Å². The molecule has 0 aliphatic carbocycles. The van der Waals surface area contributed by atoms with Gasteiger partial charge in [0, 0.05) is 0 Å². The van der Waals surface area contributed by atoms with Crippen molar-refractivity contribution in [3.63, 3.8) is 0 Å². The first kappa shape index (κ1) is 8.29. The van der Waals surface area contributed by atoms with E-state index in [0.717, 1.165) is 12.2 Å². The molecule has 0 radical (unpaired) electrons. The van der Waals surface area contributed by atoms with Crippen molar-refractivity contribution in [2.45, 2.75) is 19.0 Å². The summed E-state index contributed by atoms with van der Waals surface area (Å²) >= 11 is -1.11. The van der Waals surface area contributed by atoms with Crippen molar-refractivity contribution >= 4 is 21.4 Å². The summed E-state index contributed by atoms with van der Waals surface area (Å²) in [6, 6.07) is 0. The van der Waals surface area contributed by atoms with E-state index in [1.165, 1.54) is 12.5 Å². The number of tetrazole rings is 1.